The molecule has 0 aromatic carbocycles. The maximum absolute atomic E-state index is 13.1. The molecule has 0 radical (unpaired) electrons. The molecule has 0 saturated carbocycles. The zero-order valence-corrected chi connectivity index (χ0v) is 22.9. The molecule has 1 amide bonds. The number of epoxide rings is 2. The van der Waals surface area contributed by atoms with Gasteiger partial charge in [-0.3, -0.25) is 14.6 Å². The molecule has 0 spiro atoms. The second-order valence-electron chi connectivity index (χ2n) is 11.9. The summed E-state index contributed by atoms with van der Waals surface area (Å²) in [7, 11) is 0. The van der Waals surface area contributed by atoms with Gasteiger partial charge in [-0.25, -0.2) is 0 Å². The summed E-state index contributed by atoms with van der Waals surface area (Å²) < 4.78 is 12.1. The van der Waals surface area contributed by atoms with Gasteiger partial charge in [-0.15, -0.1) is 0 Å². The van der Waals surface area contributed by atoms with Crippen LogP contribution in [0, 0.1) is 11.3 Å². The Bertz CT molecular complexity index is 977. The van der Waals surface area contributed by atoms with E-state index in [2.05, 4.69) is 24.1 Å². The third-order valence-corrected chi connectivity index (χ3v) is 8.80. The number of nitrogens with one attached hydrogen (secondary N) is 1. The van der Waals surface area contributed by atoms with E-state index in [1.807, 2.05) is 38.1 Å². The fourth-order valence-electron chi connectivity index (χ4n) is 5.57. The fourth-order valence-corrected chi connectivity index (χ4v) is 5.81. The Morgan fingerprint density at radius 3 is 2.67 bits per heavy atom. The van der Waals surface area contributed by atoms with E-state index in [1.54, 1.807) is 6.20 Å². The van der Waals surface area contributed by atoms with Crippen LogP contribution < -0.4 is 5.32 Å². The number of nitrogens with zero attached hydrogens (tertiary/aromatic N) is 1. The monoisotopic (exact) mass is 516 g/mol. The Hall–Kier alpha value is -1.76. The molecule has 1 aromatic heterocycles. The maximum Gasteiger partial charge on any atom is 0.220 e. The highest BCUT2D eigenvalue weighted by Gasteiger charge is 2.67. The van der Waals surface area contributed by atoms with E-state index in [-0.39, 0.29) is 35.4 Å². The SMILES string of the molecule is CC1CCCC2(C)OC2(CC2CO2)CC(C(Cl)=Cc2ccccn2)NC(=O)CCC(C)(C)C(=O)CC1. The van der Waals surface area contributed by atoms with Crippen LogP contribution >= 0.6 is 11.6 Å². The van der Waals surface area contributed by atoms with Gasteiger partial charge >= 0.3 is 0 Å². The van der Waals surface area contributed by atoms with E-state index in [9.17, 15) is 9.59 Å². The predicted molar refractivity (Wildman–Crippen MR) is 141 cm³/mol. The van der Waals surface area contributed by atoms with Crippen LogP contribution in [0.4, 0.5) is 0 Å². The largest absolute Gasteiger partial charge is 0.373 e. The van der Waals surface area contributed by atoms with E-state index >= 15 is 0 Å². The van der Waals surface area contributed by atoms with Crippen molar-refractivity contribution >= 4 is 29.4 Å². The molecule has 3 fully saturated rings. The van der Waals surface area contributed by atoms with Crippen LogP contribution in [0.5, 0.6) is 0 Å². The number of halogens is 1. The fraction of sp³-hybridized carbons (Fsp3) is 0.690. The zero-order valence-electron chi connectivity index (χ0n) is 22.1. The second-order valence-corrected chi connectivity index (χ2v) is 12.4. The van der Waals surface area contributed by atoms with Gasteiger partial charge in [0.15, 0.2) is 0 Å². The summed E-state index contributed by atoms with van der Waals surface area (Å²) >= 11 is 6.87. The Labute approximate surface area is 220 Å². The van der Waals surface area contributed by atoms with Gasteiger partial charge in [0.25, 0.3) is 0 Å². The first-order chi connectivity index (χ1) is 17.0. The molecule has 3 saturated heterocycles. The third kappa shape index (κ3) is 6.76. The van der Waals surface area contributed by atoms with Crippen molar-refractivity contribution in [2.45, 2.75) is 109 Å². The van der Waals surface area contributed by atoms with Gasteiger partial charge in [-0.05, 0) is 50.3 Å². The number of rotatable bonds is 4. The first kappa shape index (κ1) is 27.3. The zero-order chi connectivity index (χ0) is 26.0. The molecular weight excluding hydrogens is 476 g/mol. The number of pyridine rings is 1. The van der Waals surface area contributed by atoms with Gasteiger partial charge in [0.05, 0.1) is 30.0 Å². The van der Waals surface area contributed by atoms with Crippen LogP contribution in [0.1, 0.15) is 91.2 Å². The summed E-state index contributed by atoms with van der Waals surface area (Å²) in [6, 6.07) is 5.25. The smallest absolute Gasteiger partial charge is 0.220 e. The number of fused-ring (bicyclic) bond motifs is 1. The number of hydrogen-bond donors (Lipinski definition) is 1. The number of ketones is 1. The summed E-state index contributed by atoms with van der Waals surface area (Å²) in [6.07, 6.45) is 10.4. The molecule has 5 unspecified atom stereocenters. The van der Waals surface area contributed by atoms with Crippen molar-refractivity contribution in [2.24, 2.45) is 11.3 Å². The molecular formula is C29H41ClN2O4. The molecule has 3 aliphatic rings. The average Bonchev–Trinajstić information content (AvgIpc) is 3.74. The highest BCUT2D eigenvalue weighted by atomic mass is 35.5. The van der Waals surface area contributed by atoms with E-state index in [0.29, 0.717) is 30.2 Å². The topological polar surface area (TPSA) is 84.1 Å². The highest BCUT2D eigenvalue weighted by Crippen LogP contribution is 2.58. The summed E-state index contributed by atoms with van der Waals surface area (Å²) in [4.78, 5) is 30.4. The van der Waals surface area contributed by atoms with Crippen LogP contribution in [0.2, 0.25) is 0 Å². The van der Waals surface area contributed by atoms with Crippen molar-refractivity contribution in [1.29, 1.82) is 0 Å². The average molecular weight is 517 g/mol. The lowest BCUT2D eigenvalue weighted by Gasteiger charge is -2.27. The van der Waals surface area contributed by atoms with Gasteiger partial charge in [0.2, 0.25) is 5.91 Å². The van der Waals surface area contributed by atoms with Crippen molar-refractivity contribution in [3.05, 3.63) is 35.1 Å². The first-order valence-corrected chi connectivity index (χ1v) is 13.8. The van der Waals surface area contributed by atoms with Crippen LogP contribution in [0.15, 0.2) is 29.4 Å². The predicted octanol–water partition coefficient (Wildman–Crippen LogP) is 5.83. The Balaban J connectivity index is 1.59. The van der Waals surface area contributed by atoms with Gasteiger partial charge in [-0.1, -0.05) is 51.3 Å². The van der Waals surface area contributed by atoms with Crippen LogP contribution in [0.25, 0.3) is 6.08 Å². The Morgan fingerprint density at radius 2 is 1.97 bits per heavy atom. The molecule has 1 N–H and O–H groups in total. The number of ether oxygens (including phenoxy) is 2. The Kier molecular flexibility index (Phi) is 8.28. The van der Waals surface area contributed by atoms with E-state index in [4.69, 9.17) is 21.1 Å². The normalized spacial score (nSPS) is 36.0. The van der Waals surface area contributed by atoms with Crippen molar-refractivity contribution < 1.29 is 19.1 Å². The second kappa shape index (κ2) is 10.9. The van der Waals surface area contributed by atoms with Crippen molar-refractivity contribution in [3.8, 4) is 0 Å². The van der Waals surface area contributed by atoms with Crippen molar-refractivity contribution in [1.82, 2.24) is 10.3 Å². The number of aromatic nitrogens is 1. The summed E-state index contributed by atoms with van der Waals surface area (Å²) in [6.45, 7) is 9.09. The molecule has 3 aliphatic heterocycles. The van der Waals surface area contributed by atoms with Gasteiger partial charge < -0.3 is 14.8 Å². The standard InChI is InChI=1S/C29H41ClN2O4/c1-20-8-7-13-28(4)29(36-28,17-22-19-35-22)18-24(23(30)16-21-9-5-6-15-31-21)32-26(34)12-14-27(2,3)25(33)11-10-20/h5-6,9,15-16,20,22,24H,7-8,10-14,17-19H2,1-4H3,(H,32,34). The molecule has 5 atom stereocenters. The molecule has 6 nitrogen and oxygen atoms in total. The minimum atomic E-state index is -0.528. The summed E-state index contributed by atoms with van der Waals surface area (Å²) in [5.74, 6) is 0.613. The number of Topliss-reactive ketones (excluding diaryl/α,β-unsaturated/α-hetero) is 1. The van der Waals surface area contributed by atoms with Crippen molar-refractivity contribution in [2.75, 3.05) is 6.61 Å². The minimum absolute atomic E-state index is 0.103. The number of carbonyl (C=O) groups is 2. The van der Waals surface area contributed by atoms with E-state index in [0.717, 1.165) is 44.4 Å². The lowest BCUT2D eigenvalue weighted by atomic mass is 9.79. The summed E-state index contributed by atoms with van der Waals surface area (Å²) in [5.41, 5.74) is -0.457. The number of hydrogen-bond acceptors (Lipinski definition) is 5. The first-order valence-electron chi connectivity index (χ1n) is 13.4. The van der Waals surface area contributed by atoms with Crippen LogP contribution in [-0.2, 0) is 19.1 Å². The highest BCUT2D eigenvalue weighted by molar-refractivity contribution is 6.32. The molecule has 0 aliphatic carbocycles. The third-order valence-electron chi connectivity index (χ3n) is 8.42. The molecule has 198 valence electrons. The van der Waals surface area contributed by atoms with Crippen LogP contribution in [-0.4, -0.2) is 46.6 Å². The van der Waals surface area contributed by atoms with E-state index < -0.39 is 11.5 Å². The molecule has 0 bridgehead atoms. The van der Waals surface area contributed by atoms with Gasteiger partial charge in [0, 0.05) is 42.3 Å². The maximum atomic E-state index is 13.1. The quantitative estimate of drug-likeness (QED) is 0.509. The molecule has 4 heterocycles. The summed E-state index contributed by atoms with van der Waals surface area (Å²) in [5, 5.41) is 3.70. The minimum Gasteiger partial charge on any atom is -0.373 e. The molecule has 7 heteroatoms. The van der Waals surface area contributed by atoms with Gasteiger partial charge in [0.1, 0.15) is 11.4 Å². The van der Waals surface area contributed by atoms with E-state index in [1.165, 1.54) is 0 Å². The number of carbonyl (C=O) groups excluding carboxylic acids is 2. The lowest BCUT2D eigenvalue weighted by molar-refractivity contribution is -0.128. The number of amides is 1. The van der Waals surface area contributed by atoms with Gasteiger partial charge in [-0.2, -0.15) is 0 Å². The molecule has 36 heavy (non-hydrogen) atoms. The van der Waals surface area contributed by atoms with Crippen LogP contribution in [0.3, 0.4) is 0 Å². The Morgan fingerprint density at radius 1 is 1.19 bits per heavy atom. The lowest BCUT2D eigenvalue weighted by Crippen LogP contribution is -2.41. The molecule has 4 rings (SSSR count). The van der Waals surface area contributed by atoms with Crippen molar-refractivity contribution in [3.63, 3.8) is 0 Å². The molecule has 1 aromatic rings.